The summed E-state index contributed by atoms with van der Waals surface area (Å²) in [5.74, 6) is -0.138. The molecule has 3 unspecified atom stereocenters. The fraction of sp³-hybridized carbons (Fsp3) is 0.143. The molecule has 0 spiro atoms. The van der Waals surface area contributed by atoms with Gasteiger partial charge in [0.25, 0.3) is 0 Å². The van der Waals surface area contributed by atoms with Crippen molar-refractivity contribution in [1.29, 1.82) is 0 Å². The average Bonchev–Trinajstić information content (AvgIpc) is 2.69. The Morgan fingerprint density at radius 3 is 2.53 bits per heavy atom. The predicted molar refractivity (Wildman–Crippen MR) is 116 cm³/mol. The van der Waals surface area contributed by atoms with E-state index in [-0.39, 0.29) is 46.6 Å². The van der Waals surface area contributed by atoms with E-state index in [2.05, 4.69) is 11.0 Å². The van der Waals surface area contributed by atoms with Gasteiger partial charge in [-0.3, -0.25) is 4.57 Å². The quantitative estimate of drug-likeness (QED) is 0.319. The van der Waals surface area contributed by atoms with Crippen LogP contribution in [0.15, 0.2) is 82.8 Å². The first kappa shape index (κ1) is 23.7. The summed E-state index contributed by atoms with van der Waals surface area (Å²) in [5, 5.41) is 0.704. The van der Waals surface area contributed by atoms with Gasteiger partial charge < -0.3 is 19.2 Å². The second-order valence-corrected chi connectivity index (χ2v) is 9.33. The third kappa shape index (κ3) is 5.09. The molecule has 4 rings (SSSR count). The Labute approximate surface area is 207 Å². The van der Waals surface area contributed by atoms with Crippen molar-refractivity contribution in [1.82, 2.24) is 0 Å². The van der Waals surface area contributed by atoms with Gasteiger partial charge in [-0.05, 0) is 30.3 Å². The molecule has 30 heavy (non-hydrogen) atoms. The normalized spacial score (nSPS) is 23.0. The van der Waals surface area contributed by atoms with Crippen molar-refractivity contribution < 1.29 is 48.4 Å². The summed E-state index contributed by atoms with van der Waals surface area (Å²) in [6.45, 7) is 0. The number of allylic oxidation sites excluding steroid dienone is 2. The van der Waals surface area contributed by atoms with Gasteiger partial charge in [0.15, 0.2) is 5.09 Å². The van der Waals surface area contributed by atoms with Crippen molar-refractivity contribution in [3.05, 3.63) is 88.5 Å². The SMILES string of the molecule is CN1c2ccccc2/C(=C(\OP(=O)([O-])O)Sc2ccc(Cl)cc2)C2C=CC=CC21.[Na+]. The summed E-state index contributed by atoms with van der Waals surface area (Å²) < 4.78 is 16.9. The first-order valence-corrected chi connectivity index (χ1v) is 11.6. The Hall–Kier alpha value is -0.950. The molecule has 0 saturated carbocycles. The monoisotopic (exact) mass is 469 g/mol. The zero-order valence-corrected chi connectivity index (χ0v) is 20.9. The van der Waals surface area contributed by atoms with Gasteiger partial charge in [-0.2, -0.15) is 0 Å². The summed E-state index contributed by atoms with van der Waals surface area (Å²) in [4.78, 5) is 24.1. The third-order valence-corrected chi connectivity index (χ3v) is 6.69. The molecule has 3 atom stereocenters. The van der Waals surface area contributed by atoms with Gasteiger partial charge in [0, 0.05) is 39.7 Å². The minimum atomic E-state index is -5.02. The standard InChI is InChI=1S/C21H19ClNO4PS.Na/c1-23-18-8-4-2-6-16(18)20(17-7-3-5-9-19(17)23)21(27-28(24,25)26)29-15-12-10-14(22)11-13-15;/h2-13,16,18H,1H3,(H2,24,25,26);/q;+1/p-1/b21-20+;. The Balaban J connectivity index is 0.00000256. The number of anilines is 1. The van der Waals surface area contributed by atoms with E-state index in [9.17, 15) is 14.4 Å². The fourth-order valence-electron chi connectivity index (χ4n) is 3.66. The molecule has 0 aromatic heterocycles. The molecule has 1 N–H and O–H groups in total. The van der Waals surface area contributed by atoms with Crippen LogP contribution in [0.1, 0.15) is 5.56 Å². The summed E-state index contributed by atoms with van der Waals surface area (Å²) >= 11 is 7.11. The number of likely N-dealkylation sites (N-methyl/N-ethyl adjacent to an activating group) is 1. The summed E-state index contributed by atoms with van der Waals surface area (Å²) in [7, 11) is -3.01. The maximum absolute atomic E-state index is 11.7. The molecule has 1 aliphatic heterocycles. The molecule has 0 saturated heterocycles. The molecule has 2 aliphatic rings. The summed E-state index contributed by atoms with van der Waals surface area (Å²) in [6, 6.07) is 14.7. The van der Waals surface area contributed by atoms with Gasteiger partial charge in [0.05, 0.1) is 6.04 Å². The molecule has 0 bridgehead atoms. The van der Waals surface area contributed by atoms with Crippen molar-refractivity contribution in [2.75, 3.05) is 11.9 Å². The Bertz CT molecular complexity index is 1070. The zero-order chi connectivity index (χ0) is 20.6. The Morgan fingerprint density at radius 1 is 1.17 bits per heavy atom. The van der Waals surface area contributed by atoms with E-state index in [0.717, 1.165) is 33.5 Å². The number of thioether (sulfide) groups is 1. The second-order valence-electron chi connectivity index (χ2n) is 6.73. The molecule has 2 aromatic rings. The zero-order valence-electron chi connectivity index (χ0n) is 16.4. The van der Waals surface area contributed by atoms with Gasteiger partial charge in [-0.25, -0.2) is 0 Å². The number of rotatable bonds is 4. The van der Waals surface area contributed by atoms with Crippen LogP contribution in [-0.4, -0.2) is 18.0 Å². The third-order valence-electron chi connectivity index (χ3n) is 4.90. The first-order valence-electron chi connectivity index (χ1n) is 8.92. The predicted octanol–water partition coefficient (Wildman–Crippen LogP) is 1.84. The maximum atomic E-state index is 11.7. The molecule has 9 heteroatoms. The second kappa shape index (κ2) is 9.68. The minimum Gasteiger partial charge on any atom is -0.746 e. The Morgan fingerprint density at radius 2 is 1.83 bits per heavy atom. The molecular formula is C21H18ClNNaO4PS. The van der Waals surface area contributed by atoms with E-state index in [4.69, 9.17) is 16.1 Å². The van der Waals surface area contributed by atoms with E-state index in [1.807, 2.05) is 49.5 Å². The van der Waals surface area contributed by atoms with Gasteiger partial charge >= 0.3 is 37.4 Å². The number of nitrogens with zero attached hydrogens (tertiary/aromatic N) is 1. The van der Waals surface area contributed by atoms with Crippen LogP contribution in [0, 0.1) is 5.92 Å². The van der Waals surface area contributed by atoms with E-state index in [1.165, 1.54) is 0 Å². The van der Waals surface area contributed by atoms with Gasteiger partial charge in [0.1, 0.15) is 0 Å². The number of para-hydroxylation sites is 1. The summed E-state index contributed by atoms with van der Waals surface area (Å²) in [6.07, 6.45) is 8.00. The number of hydrogen-bond donors (Lipinski definition) is 1. The molecule has 2 aromatic carbocycles. The number of phosphoric acid groups is 1. The van der Waals surface area contributed by atoms with Crippen LogP contribution >= 0.6 is 31.2 Å². The molecular weight excluding hydrogens is 452 g/mol. The van der Waals surface area contributed by atoms with Crippen LogP contribution in [0.2, 0.25) is 5.02 Å². The van der Waals surface area contributed by atoms with E-state index in [0.29, 0.717) is 5.02 Å². The average molecular weight is 470 g/mol. The van der Waals surface area contributed by atoms with Crippen molar-refractivity contribution in [2.24, 2.45) is 5.92 Å². The number of halogens is 1. The molecule has 1 heterocycles. The van der Waals surface area contributed by atoms with Crippen LogP contribution in [0.25, 0.3) is 5.57 Å². The summed E-state index contributed by atoms with van der Waals surface area (Å²) in [5.41, 5.74) is 2.54. The van der Waals surface area contributed by atoms with Crippen molar-refractivity contribution in [3.63, 3.8) is 0 Å². The van der Waals surface area contributed by atoms with Gasteiger partial charge in [0.2, 0.25) is 0 Å². The van der Waals surface area contributed by atoms with Gasteiger partial charge in [-0.15, -0.1) is 0 Å². The topological polar surface area (TPSA) is 72.8 Å². The minimum absolute atomic E-state index is 0. The number of fused-ring (bicyclic) bond motifs is 2. The Kier molecular flexibility index (Phi) is 7.65. The fourth-order valence-corrected chi connectivity index (χ4v) is 5.37. The molecule has 0 radical (unpaired) electrons. The molecule has 1 aliphatic carbocycles. The molecule has 5 nitrogen and oxygen atoms in total. The van der Waals surface area contributed by atoms with Crippen LogP contribution in [-0.2, 0) is 9.09 Å². The van der Waals surface area contributed by atoms with Crippen LogP contribution < -0.4 is 39.4 Å². The smallest absolute Gasteiger partial charge is 0.746 e. The van der Waals surface area contributed by atoms with E-state index in [1.54, 1.807) is 24.3 Å². The first-order chi connectivity index (χ1) is 13.8. The van der Waals surface area contributed by atoms with Crippen molar-refractivity contribution in [2.45, 2.75) is 10.9 Å². The van der Waals surface area contributed by atoms with Crippen LogP contribution in [0.3, 0.4) is 0 Å². The largest absolute Gasteiger partial charge is 1.00 e. The van der Waals surface area contributed by atoms with Crippen molar-refractivity contribution in [3.8, 4) is 0 Å². The molecule has 0 amide bonds. The van der Waals surface area contributed by atoms with Gasteiger partial charge in [-0.1, -0.05) is 65.9 Å². The molecule has 0 fully saturated rings. The number of phosphoric ester groups is 1. The van der Waals surface area contributed by atoms with E-state index >= 15 is 0 Å². The number of hydrogen-bond acceptors (Lipinski definition) is 5. The van der Waals surface area contributed by atoms with Crippen LogP contribution in [0.4, 0.5) is 5.69 Å². The van der Waals surface area contributed by atoms with Crippen molar-refractivity contribution >= 4 is 42.4 Å². The van der Waals surface area contributed by atoms with E-state index < -0.39 is 7.82 Å². The maximum Gasteiger partial charge on any atom is 1.00 e. The van der Waals surface area contributed by atoms with Crippen LogP contribution in [0.5, 0.6) is 0 Å². The molecule has 150 valence electrons. The number of benzene rings is 2.